The third kappa shape index (κ3) is 5.31. The van der Waals surface area contributed by atoms with Crippen LogP contribution in [0.3, 0.4) is 0 Å². The quantitative estimate of drug-likeness (QED) is 0.746. The normalized spacial score (nSPS) is 31.6. The van der Waals surface area contributed by atoms with Crippen LogP contribution in [0.5, 0.6) is 0 Å². The standard InChI is InChI=1S/C14H28N2O3S/c1-2-9-15-12-5-7-13(8-6-12)16-20(17,18)11-14-4-3-10-19-14/h12-16H,2-11H2,1H3. The fourth-order valence-electron chi connectivity index (χ4n) is 3.09. The summed E-state index contributed by atoms with van der Waals surface area (Å²) in [5.41, 5.74) is 0. The Morgan fingerprint density at radius 2 is 1.80 bits per heavy atom. The highest BCUT2D eigenvalue weighted by Gasteiger charge is 2.27. The second-order valence-electron chi connectivity index (χ2n) is 6.04. The van der Waals surface area contributed by atoms with E-state index in [0.29, 0.717) is 12.6 Å². The molecule has 1 saturated heterocycles. The molecule has 6 heteroatoms. The van der Waals surface area contributed by atoms with Gasteiger partial charge in [0.1, 0.15) is 0 Å². The molecular formula is C14H28N2O3S. The van der Waals surface area contributed by atoms with Gasteiger partial charge < -0.3 is 10.1 Å². The molecule has 0 spiro atoms. The number of hydrogen-bond donors (Lipinski definition) is 2. The Hall–Kier alpha value is -0.170. The van der Waals surface area contributed by atoms with Crippen LogP contribution >= 0.6 is 0 Å². The maximum Gasteiger partial charge on any atom is 0.214 e. The van der Waals surface area contributed by atoms with Crippen LogP contribution in [0.25, 0.3) is 0 Å². The lowest BCUT2D eigenvalue weighted by molar-refractivity contribution is 0.127. The first-order valence-corrected chi connectivity index (χ1v) is 9.59. The van der Waals surface area contributed by atoms with Crippen molar-refractivity contribution >= 4 is 10.0 Å². The van der Waals surface area contributed by atoms with Gasteiger partial charge in [-0.05, 0) is 51.5 Å². The van der Waals surface area contributed by atoms with Crippen molar-refractivity contribution in [2.75, 3.05) is 18.9 Å². The average Bonchev–Trinajstić information content (AvgIpc) is 2.89. The first kappa shape index (κ1) is 16.2. The molecule has 2 rings (SSSR count). The average molecular weight is 304 g/mol. The van der Waals surface area contributed by atoms with Crippen LogP contribution in [0.4, 0.5) is 0 Å². The molecular weight excluding hydrogens is 276 g/mol. The van der Waals surface area contributed by atoms with E-state index in [0.717, 1.165) is 51.5 Å². The van der Waals surface area contributed by atoms with Gasteiger partial charge in [-0.25, -0.2) is 13.1 Å². The summed E-state index contributed by atoms with van der Waals surface area (Å²) in [4.78, 5) is 0. The summed E-state index contributed by atoms with van der Waals surface area (Å²) >= 11 is 0. The summed E-state index contributed by atoms with van der Waals surface area (Å²) in [5, 5.41) is 3.52. The maximum absolute atomic E-state index is 12.1. The van der Waals surface area contributed by atoms with Crippen LogP contribution in [-0.4, -0.2) is 45.5 Å². The minimum atomic E-state index is -3.19. The Balaban J connectivity index is 1.71. The van der Waals surface area contributed by atoms with Gasteiger partial charge in [0.25, 0.3) is 0 Å². The van der Waals surface area contributed by atoms with Crippen molar-refractivity contribution in [1.29, 1.82) is 0 Å². The smallest absolute Gasteiger partial charge is 0.214 e. The van der Waals surface area contributed by atoms with E-state index < -0.39 is 10.0 Å². The minimum Gasteiger partial charge on any atom is -0.377 e. The van der Waals surface area contributed by atoms with Crippen molar-refractivity contribution in [3.63, 3.8) is 0 Å². The van der Waals surface area contributed by atoms with Crippen LogP contribution in [0.2, 0.25) is 0 Å². The molecule has 0 aromatic rings. The number of rotatable bonds is 7. The van der Waals surface area contributed by atoms with Gasteiger partial charge in [0.2, 0.25) is 10.0 Å². The fourth-order valence-corrected chi connectivity index (χ4v) is 4.68. The second kappa shape index (κ2) is 7.73. The lowest BCUT2D eigenvalue weighted by Gasteiger charge is -2.29. The highest BCUT2D eigenvalue weighted by Crippen LogP contribution is 2.20. The molecule has 1 unspecified atom stereocenters. The van der Waals surface area contributed by atoms with Gasteiger partial charge in [-0.15, -0.1) is 0 Å². The van der Waals surface area contributed by atoms with E-state index in [2.05, 4.69) is 17.0 Å². The summed E-state index contributed by atoms with van der Waals surface area (Å²) in [5.74, 6) is 0.126. The zero-order chi connectivity index (χ0) is 14.4. The third-order valence-corrected chi connectivity index (χ3v) is 5.69. The van der Waals surface area contributed by atoms with Crippen LogP contribution < -0.4 is 10.0 Å². The van der Waals surface area contributed by atoms with E-state index in [1.165, 1.54) is 0 Å². The van der Waals surface area contributed by atoms with E-state index in [4.69, 9.17) is 4.74 Å². The summed E-state index contributed by atoms with van der Waals surface area (Å²) in [6.07, 6.45) is 6.89. The van der Waals surface area contributed by atoms with E-state index in [1.54, 1.807) is 0 Å². The number of ether oxygens (including phenoxy) is 1. The van der Waals surface area contributed by atoms with E-state index >= 15 is 0 Å². The summed E-state index contributed by atoms with van der Waals surface area (Å²) in [6.45, 7) is 3.92. The molecule has 1 aliphatic carbocycles. The molecule has 0 bridgehead atoms. The molecule has 0 radical (unpaired) electrons. The third-order valence-electron chi connectivity index (χ3n) is 4.19. The van der Waals surface area contributed by atoms with Crippen molar-refractivity contribution < 1.29 is 13.2 Å². The van der Waals surface area contributed by atoms with E-state index in [9.17, 15) is 8.42 Å². The molecule has 1 atom stereocenters. The summed E-state index contributed by atoms with van der Waals surface area (Å²) in [6, 6.07) is 0.676. The monoisotopic (exact) mass is 304 g/mol. The lowest BCUT2D eigenvalue weighted by atomic mass is 9.92. The molecule has 5 nitrogen and oxygen atoms in total. The van der Waals surface area contributed by atoms with Gasteiger partial charge >= 0.3 is 0 Å². The molecule has 2 N–H and O–H groups in total. The van der Waals surface area contributed by atoms with Crippen molar-refractivity contribution in [3.8, 4) is 0 Å². The van der Waals surface area contributed by atoms with Crippen LogP contribution in [0, 0.1) is 0 Å². The Bertz CT molecular complexity index is 372. The number of nitrogens with one attached hydrogen (secondary N) is 2. The van der Waals surface area contributed by atoms with Crippen LogP contribution in [-0.2, 0) is 14.8 Å². The molecule has 0 aromatic heterocycles. The zero-order valence-electron chi connectivity index (χ0n) is 12.4. The first-order valence-electron chi connectivity index (χ1n) is 7.94. The number of hydrogen-bond acceptors (Lipinski definition) is 4. The molecule has 2 aliphatic rings. The Labute approximate surface area is 122 Å². The SMILES string of the molecule is CCCNC1CCC(NS(=O)(=O)CC2CCCO2)CC1. The van der Waals surface area contributed by atoms with Gasteiger partial charge in [-0.3, -0.25) is 0 Å². The highest BCUT2D eigenvalue weighted by molar-refractivity contribution is 7.89. The minimum absolute atomic E-state index is 0.102. The van der Waals surface area contributed by atoms with Gasteiger partial charge in [0, 0.05) is 18.7 Å². The first-order chi connectivity index (χ1) is 9.59. The largest absolute Gasteiger partial charge is 0.377 e. The fraction of sp³-hybridized carbons (Fsp3) is 1.00. The van der Waals surface area contributed by atoms with Crippen molar-refractivity contribution in [2.24, 2.45) is 0 Å². The summed E-state index contributed by atoms with van der Waals surface area (Å²) < 4.78 is 32.5. The number of sulfonamides is 1. The van der Waals surface area contributed by atoms with Gasteiger partial charge in [-0.2, -0.15) is 0 Å². The highest BCUT2D eigenvalue weighted by atomic mass is 32.2. The van der Waals surface area contributed by atoms with Crippen molar-refractivity contribution in [3.05, 3.63) is 0 Å². The topological polar surface area (TPSA) is 67.4 Å². The van der Waals surface area contributed by atoms with E-state index in [1.807, 2.05) is 0 Å². The molecule has 1 saturated carbocycles. The molecule has 1 aliphatic heterocycles. The van der Waals surface area contributed by atoms with Crippen LogP contribution in [0.1, 0.15) is 51.9 Å². The Morgan fingerprint density at radius 1 is 1.10 bits per heavy atom. The second-order valence-corrected chi connectivity index (χ2v) is 7.84. The predicted octanol–water partition coefficient (Wildman–Crippen LogP) is 1.40. The molecule has 0 aromatic carbocycles. The lowest BCUT2D eigenvalue weighted by Crippen LogP contribution is -2.44. The molecule has 20 heavy (non-hydrogen) atoms. The van der Waals surface area contributed by atoms with E-state index in [-0.39, 0.29) is 17.9 Å². The molecule has 0 amide bonds. The molecule has 118 valence electrons. The zero-order valence-corrected chi connectivity index (χ0v) is 13.3. The van der Waals surface area contributed by atoms with Gasteiger partial charge in [0.05, 0.1) is 11.9 Å². The molecule has 2 fully saturated rings. The molecule has 1 heterocycles. The predicted molar refractivity (Wildman–Crippen MR) is 80.2 cm³/mol. The summed E-state index contributed by atoms with van der Waals surface area (Å²) in [7, 11) is -3.19. The van der Waals surface area contributed by atoms with Gasteiger partial charge in [-0.1, -0.05) is 6.92 Å². The van der Waals surface area contributed by atoms with Crippen molar-refractivity contribution in [2.45, 2.75) is 70.1 Å². The van der Waals surface area contributed by atoms with Crippen LogP contribution in [0.15, 0.2) is 0 Å². The maximum atomic E-state index is 12.1. The Kier molecular flexibility index (Phi) is 6.26. The van der Waals surface area contributed by atoms with Gasteiger partial charge in [0.15, 0.2) is 0 Å². The van der Waals surface area contributed by atoms with Crippen molar-refractivity contribution in [1.82, 2.24) is 10.0 Å². The Morgan fingerprint density at radius 3 is 2.40 bits per heavy atom.